The quantitative estimate of drug-likeness (QED) is 0.856. The normalized spacial score (nSPS) is 18.0. The van der Waals surface area contributed by atoms with Crippen LogP contribution < -0.4 is 10.1 Å². The number of piperidine rings is 1. The molecule has 0 aliphatic carbocycles. The van der Waals surface area contributed by atoms with Crippen molar-refractivity contribution >= 4 is 5.82 Å². The maximum Gasteiger partial charge on any atom is 0.218 e. The van der Waals surface area contributed by atoms with Gasteiger partial charge in [0.05, 0.1) is 7.11 Å². The fraction of sp³-hybridized carbons (Fsp3) is 0.667. The van der Waals surface area contributed by atoms with Crippen molar-refractivity contribution in [1.82, 2.24) is 14.9 Å². The number of nitrogens with zero attached hydrogens (tertiary/aromatic N) is 3. The first-order valence-electron chi connectivity index (χ1n) is 6.16. The van der Waals surface area contributed by atoms with Crippen molar-refractivity contribution in [1.29, 1.82) is 0 Å². The fourth-order valence-electron chi connectivity index (χ4n) is 2.13. The molecular weight excluding hydrogens is 216 g/mol. The molecule has 0 spiro atoms. The Hall–Kier alpha value is -1.36. The van der Waals surface area contributed by atoms with E-state index in [-0.39, 0.29) is 0 Å². The van der Waals surface area contributed by atoms with Crippen LogP contribution in [-0.2, 0) is 0 Å². The standard InChI is InChI=1S/C12H20N4O/c1-3-16-6-4-10(5-7-16)15-11-8-12(17-2)14-9-13-11/h8-10H,3-7H2,1-2H3,(H,13,14,15). The molecule has 1 aliphatic heterocycles. The lowest BCUT2D eigenvalue weighted by Gasteiger charge is -2.31. The summed E-state index contributed by atoms with van der Waals surface area (Å²) in [6.45, 7) is 5.68. The Kier molecular flexibility index (Phi) is 4.14. The molecule has 2 heterocycles. The summed E-state index contributed by atoms with van der Waals surface area (Å²) in [5, 5.41) is 3.44. The van der Waals surface area contributed by atoms with Crippen LogP contribution in [0, 0.1) is 0 Å². The molecule has 94 valence electrons. The SMILES string of the molecule is CCN1CCC(Nc2cc(OC)ncn2)CC1. The van der Waals surface area contributed by atoms with E-state index in [1.165, 1.54) is 19.2 Å². The summed E-state index contributed by atoms with van der Waals surface area (Å²) < 4.78 is 5.08. The topological polar surface area (TPSA) is 50.3 Å². The van der Waals surface area contributed by atoms with Crippen molar-refractivity contribution in [2.24, 2.45) is 0 Å². The molecule has 5 nitrogen and oxygen atoms in total. The number of aromatic nitrogens is 2. The number of methoxy groups -OCH3 is 1. The molecule has 0 radical (unpaired) electrons. The molecular formula is C12H20N4O. The summed E-state index contributed by atoms with van der Waals surface area (Å²) >= 11 is 0. The van der Waals surface area contributed by atoms with Gasteiger partial charge in [-0.05, 0) is 19.4 Å². The highest BCUT2D eigenvalue weighted by Gasteiger charge is 2.18. The second kappa shape index (κ2) is 5.82. The maximum absolute atomic E-state index is 5.08. The zero-order chi connectivity index (χ0) is 12.1. The number of likely N-dealkylation sites (tertiary alicyclic amines) is 1. The number of rotatable bonds is 4. The van der Waals surface area contributed by atoms with Crippen LogP contribution in [0.3, 0.4) is 0 Å². The zero-order valence-electron chi connectivity index (χ0n) is 10.5. The van der Waals surface area contributed by atoms with E-state index in [0.717, 1.165) is 25.5 Å². The second-order valence-electron chi connectivity index (χ2n) is 4.30. The molecule has 1 aromatic rings. The Morgan fingerprint density at radius 1 is 1.41 bits per heavy atom. The molecule has 0 bridgehead atoms. The monoisotopic (exact) mass is 236 g/mol. The zero-order valence-corrected chi connectivity index (χ0v) is 10.5. The Balaban J connectivity index is 1.88. The molecule has 1 aromatic heterocycles. The minimum absolute atomic E-state index is 0.511. The van der Waals surface area contributed by atoms with Crippen LogP contribution in [0.4, 0.5) is 5.82 Å². The van der Waals surface area contributed by atoms with Crippen molar-refractivity contribution in [2.75, 3.05) is 32.1 Å². The summed E-state index contributed by atoms with van der Waals surface area (Å²) in [7, 11) is 1.62. The molecule has 1 aliphatic rings. The lowest BCUT2D eigenvalue weighted by Crippen LogP contribution is -2.38. The van der Waals surface area contributed by atoms with Crippen LogP contribution >= 0.6 is 0 Å². The highest BCUT2D eigenvalue weighted by atomic mass is 16.5. The second-order valence-corrected chi connectivity index (χ2v) is 4.30. The molecule has 0 aromatic carbocycles. The van der Waals surface area contributed by atoms with Gasteiger partial charge in [-0.15, -0.1) is 0 Å². The third-order valence-electron chi connectivity index (χ3n) is 3.24. The van der Waals surface area contributed by atoms with E-state index >= 15 is 0 Å². The van der Waals surface area contributed by atoms with Crippen LogP contribution in [-0.4, -0.2) is 47.7 Å². The lowest BCUT2D eigenvalue weighted by atomic mass is 10.1. The first kappa shape index (κ1) is 12.1. The Morgan fingerprint density at radius 3 is 2.82 bits per heavy atom. The molecule has 1 fully saturated rings. The summed E-state index contributed by atoms with van der Waals surface area (Å²) in [5.74, 6) is 1.46. The number of hydrogen-bond acceptors (Lipinski definition) is 5. The van der Waals surface area contributed by atoms with E-state index in [9.17, 15) is 0 Å². The molecule has 1 N–H and O–H groups in total. The smallest absolute Gasteiger partial charge is 0.218 e. The van der Waals surface area contributed by atoms with Crippen molar-refractivity contribution in [3.63, 3.8) is 0 Å². The lowest BCUT2D eigenvalue weighted by molar-refractivity contribution is 0.229. The van der Waals surface area contributed by atoms with E-state index in [1.807, 2.05) is 6.07 Å². The number of ether oxygens (including phenoxy) is 1. The van der Waals surface area contributed by atoms with Gasteiger partial charge in [0, 0.05) is 25.2 Å². The minimum Gasteiger partial charge on any atom is -0.481 e. The van der Waals surface area contributed by atoms with Crippen LogP contribution in [0.5, 0.6) is 5.88 Å². The van der Waals surface area contributed by atoms with E-state index in [1.54, 1.807) is 7.11 Å². The summed E-state index contributed by atoms with van der Waals surface area (Å²) in [5.41, 5.74) is 0. The van der Waals surface area contributed by atoms with E-state index in [4.69, 9.17) is 4.74 Å². The summed E-state index contributed by atoms with van der Waals surface area (Å²) in [6.07, 6.45) is 3.86. The predicted octanol–water partition coefficient (Wildman–Crippen LogP) is 1.38. The van der Waals surface area contributed by atoms with Crippen LogP contribution in [0.1, 0.15) is 19.8 Å². The molecule has 2 rings (SSSR count). The molecule has 0 atom stereocenters. The van der Waals surface area contributed by atoms with Crippen molar-refractivity contribution in [3.8, 4) is 5.88 Å². The fourth-order valence-corrected chi connectivity index (χ4v) is 2.13. The van der Waals surface area contributed by atoms with Crippen LogP contribution in [0.15, 0.2) is 12.4 Å². The average Bonchev–Trinajstić information content (AvgIpc) is 2.40. The first-order chi connectivity index (χ1) is 8.31. The van der Waals surface area contributed by atoms with E-state index in [0.29, 0.717) is 11.9 Å². The van der Waals surface area contributed by atoms with Gasteiger partial charge in [0.1, 0.15) is 12.1 Å². The van der Waals surface area contributed by atoms with E-state index < -0.39 is 0 Å². The molecule has 5 heteroatoms. The predicted molar refractivity (Wildman–Crippen MR) is 67.3 cm³/mol. The van der Waals surface area contributed by atoms with Crippen molar-refractivity contribution in [2.45, 2.75) is 25.8 Å². The third kappa shape index (κ3) is 3.30. The van der Waals surface area contributed by atoms with Gasteiger partial charge in [-0.1, -0.05) is 6.92 Å². The van der Waals surface area contributed by atoms with Gasteiger partial charge < -0.3 is 15.0 Å². The number of hydrogen-bond donors (Lipinski definition) is 1. The highest BCUT2D eigenvalue weighted by Crippen LogP contribution is 2.16. The Morgan fingerprint density at radius 2 is 2.18 bits per heavy atom. The maximum atomic E-state index is 5.08. The summed E-state index contributed by atoms with van der Waals surface area (Å²) in [4.78, 5) is 10.7. The number of nitrogens with one attached hydrogen (secondary N) is 1. The van der Waals surface area contributed by atoms with Gasteiger partial charge in [0.2, 0.25) is 5.88 Å². The Bertz CT molecular complexity index is 350. The van der Waals surface area contributed by atoms with Gasteiger partial charge in [-0.25, -0.2) is 9.97 Å². The number of anilines is 1. The Labute approximate surface area is 102 Å². The molecule has 0 saturated carbocycles. The largest absolute Gasteiger partial charge is 0.481 e. The summed E-state index contributed by atoms with van der Waals surface area (Å²) in [6, 6.07) is 2.35. The van der Waals surface area contributed by atoms with Gasteiger partial charge in [0.15, 0.2) is 0 Å². The first-order valence-corrected chi connectivity index (χ1v) is 6.16. The van der Waals surface area contributed by atoms with Crippen molar-refractivity contribution < 1.29 is 4.74 Å². The minimum atomic E-state index is 0.511. The van der Waals surface area contributed by atoms with Gasteiger partial charge in [0.25, 0.3) is 0 Å². The van der Waals surface area contributed by atoms with Crippen LogP contribution in [0.25, 0.3) is 0 Å². The van der Waals surface area contributed by atoms with E-state index in [2.05, 4.69) is 27.1 Å². The van der Waals surface area contributed by atoms with Crippen LogP contribution in [0.2, 0.25) is 0 Å². The third-order valence-corrected chi connectivity index (χ3v) is 3.24. The molecule has 0 amide bonds. The molecule has 17 heavy (non-hydrogen) atoms. The highest BCUT2D eigenvalue weighted by molar-refractivity contribution is 5.38. The van der Waals surface area contributed by atoms with Gasteiger partial charge in [-0.3, -0.25) is 0 Å². The molecule has 0 unspecified atom stereocenters. The van der Waals surface area contributed by atoms with Crippen molar-refractivity contribution in [3.05, 3.63) is 12.4 Å². The van der Waals surface area contributed by atoms with Gasteiger partial charge >= 0.3 is 0 Å². The van der Waals surface area contributed by atoms with Gasteiger partial charge in [-0.2, -0.15) is 0 Å². The molecule has 1 saturated heterocycles. The average molecular weight is 236 g/mol.